The van der Waals surface area contributed by atoms with E-state index in [-0.39, 0.29) is 12.1 Å². The van der Waals surface area contributed by atoms with E-state index in [1.807, 2.05) is 0 Å². The van der Waals surface area contributed by atoms with Gasteiger partial charge in [0.2, 0.25) is 5.88 Å². The Labute approximate surface area is 152 Å². The maximum atomic E-state index is 12.6. The molecule has 1 aromatic carbocycles. The van der Waals surface area contributed by atoms with Crippen molar-refractivity contribution < 1.29 is 19.0 Å². The zero-order valence-corrected chi connectivity index (χ0v) is 14.8. The van der Waals surface area contributed by atoms with Crippen LogP contribution in [0.25, 0.3) is 0 Å². The van der Waals surface area contributed by atoms with Crippen LogP contribution in [0.5, 0.6) is 17.4 Å². The predicted octanol–water partition coefficient (Wildman–Crippen LogP) is 2.57. The molecule has 1 fully saturated rings. The number of nitrogens with one attached hydrogen (secondary N) is 1. The lowest BCUT2D eigenvalue weighted by molar-refractivity contribution is 0.102. The largest absolute Gasteiger partial charge is 0.497 e. The number of piperidine rings is 1. The highest BCUT2D eigenvalue weighted by molar-refractivity contribution is 5.90. The average Bonchev–Trinajstić information content (AvgIpc) is 2.68. The van der Waals surface area contributed by atoms with Gasteiger partial charge in [-0.3, -0.25) is 0 Å². The molecule has 2 aromatic rings. The molecule has 0 bridgehead atoms. The van der Waals surface area contributed by atoms with Gasteiger partial charge in [0.1, 0.15) is 23.9 Å². The van der Waals surface area contributed by atoms with E-state index in [2.05, 4.69) is 15.3 Å². The molecule has 1 aromatic heterocycles. The van der Waals surface area contributed by atoms with Gasteiger partial charge in [-0.2, -0.15) is 0 Å². The third kappa shape index (κ3) is 4.53. The molecule has 2 heterocycles. The lowest BCUT2D eigenvalue weighted by atomic mass is 10.1. The zero-order chi connectivity index (χ0) is 18.4. The van der Waals surface area contributed by atoms with E-state index in [0.717, 1.165) is 12.8 Å². The maximum absolute atomic E-state index is 12.6. The molecule has 1 aliphatic rings. The van der Waals surface area contributed by atoms with Gasteiger partial charge in [0.05, 0.1) is 20.8 Å². The van der Waals surface area contributed by atoms with Crippen LogP contribution in [0, 0.1) is 0 Å². The predicted molar refractivity (Wildman–Crippen MR) is 95.8 cm³/mol. The van der Waals surface area contributed by atoms with Crippen molar-refractivity contribution in [1.82, 2.24) is 14.9 Å². The Kier molecular flexibility index (Phi) is 5.73. The summed E-state index contributed by atoms with van der Waals surface area (Å²) in [6, 6.07) is 6.78. The summed E-state index contributed by atoms with van der Waals surface area (Å²) in [7, 11) is 3.14. The molecule has 1 aliphatic heterocycles. The number of anilines is 1. The second-order valence-electron chi connectivity index (χ2n) is 5.91. The highest BCUT2D eigenvalue weighted by atomic mass is 16.5. The fraction of sp³-hybridized carbons (Fsp3) is 0.389. The second-order valence-corrected chi connectivity index (χ2v) is 5.91. The summed E-state index contributed by atoms with van der Waals surface area (Å²) in [4.78, 5) is 22.3. The molecular weight excluding hydrogens is 336 g/mol. The van der Waals surface area contributed by atoms with Crippen molar-refractivity contribution in [3.05, 3.63) is 36.8 Å². The number of likely N-dealkylation sites (tertiary alicyclic amines) is 1. The van der Waals surface area contributed by atoms with E-state index < -0.39 is 0 Å². The van der Waals surface area contributed by atoms with Crippen LogP contribution in [0.2, 0.25) is 0 Å². The van der Waals surface area contributed by atoms with E-state index >= 15 is 0 Å². The molecular formula is C18H22N4O4. The fourth-order valence-electron chi connectivity index (χ4n) is 2.82. The number of rotatable bonds is 5. The van der Waals surface area contributed by atoms with E-state index in [1.54, 1.807) is 49.6 Å². The highest BCUT2D eigenvalue weighted by Gasteiger charge is 2.25. The molecule has 8 heteroatoms. The minimum absolute atomic E-state index is 0.0933. The van der Waals surface area contributed by atoms with Crippen molar-refractivity contribution in [2.45, 2.75) is 18.9 Å². The van der Waals surface area contributed by atoms with E-state index in [0.29, 0.717) is 36.2 Å². The Hall–Kier alpha value is -3.03. The minimum atomic E-state index is -0.184. The third-order valence-corrected chi connectivity index (χ3v) is 4.11. The zero-order valence-electron chi connectivity index (χ0n) is 14.8. The molecule has 1 unspecified atom stereocenters. The smallest absolute Gasteiger partial charge is 0.321 e. The summed E-state index contributed by atoms with van der Waals surface area (Å²) in [5.41, 5.74) is 0.616. The molecule has 0 radical (unpaired) electrons. The van der Waals surface area contributed by atoms with Crippen molar-refractivity contribution in [2.24, 2.45) is 0 Å². The first-order valence-corrected chi connectivity index (χ1v) is 8.39. The maximum Gasteiger partial charge on any atom is 0.321 e. The number of benzene rings is 1. The summed E-state index contributed by atoms with van der Waals surface area (Å²) < 4.78 is 16.3. The summed E-state index contributed by atoms with van der Waals surface area (Å²) in [6.07, 6.45) is 4.72. The first kappa shape index (κ1) is 17.8. The molecule has 0 aliphatic carbocycles. The molecule has 1 N–H and O–H groups in total. The first-order chi connectivity index (χ1) is 12.7. The lowest BCUT2D eigenvalue weighted by Crippen LogP contribution is -2.46. The standard InChI is InChI=1S/C18H22N4O4/c1-24-15-8-13(9-16(10-15)25-2)21-18(23)22-7-3-4-14(11-22)26-17-5-6-19-12-20-17/h5-6,8-10,12,14H,3-4,7,11H2,1-2H3,(H,21,23). The van der Waals surface area contributed by atoms with Crippen molar-refractivity contribution in [3.63, 3.8) is 0 Å². The van der Waals surface area contributed by atoms with Gasteiger partial charge in [0, 0.05) is 42.7 Å². The molecule has 3 rings (SSSR count). The number of hydrogen-bond acceptors (Lipinski definition) is 6. The van der Waals surface area contributed by atoms with Crippen LogP contribution in [0.3, 0.4) is 0 Å². The van der Waals surface area contributed by atoms with Gasteiger partial charge >= 0.3 is 6.03 Å². The highest BCUT2D eigenvalue weighted by Crippen LogP contribution is 2.26. The lowest BCUT2D eigenvalue weighted by Gasteiger charge is -2.32. The number of amides is 2. The van der Waals surface area contributed by atoms with Crippen molar-refractivity contribution in [1.29, 1.82) is 0 Å². The van der Waals surface area contributed by atoms with Crippen molar-refractivity contribution in [2.75, 3.05) is 32.6 Å². The Morgan fingerprint density at radius 3 is 2.65 bits per heavy atom. The van der Waals surface area contributed by atoms with E-state index in [4.69, 9.17) is 14.2 Å². The van der Waals surface area contributed by atoms with Gasteiger partial charge in [-0.15, -0.1) is 0 Å². The quantitative estimate of drug-likeness (QED) is 0.884. The Morgan fingerprint density at radius 1 is 1.23 bits per heavy atom. The van der Waals surface area contributed by atoms with Gasteiger partial charge in [0.25, 0.3) is 0 Å². The number of methoxy groups -OCH3 is 2. The number of hydrogen-bond donors (Lipinski definition) is 1. The van der Waals surface area contributed by atoms with Gasteiger partial charge < -0.3 is 24.4 Å². The van der Waals surface area contributed by atoms with Gasteiger partial charge in [-0.1, -0.05) is 0 Å². The van der Waals surface area contributed by atoms with E-state index in [9.17, 15) is 4.79 Å². The van der Waals surface area contributed by atoms with Gasteiger partial charge in [0.15, 0.2) is 0 Å². The normalized spacial score (nSPS) is 16.7. The van der Waals surface area contributed by atoms with Crippen LogP contribution in [-0.2, 0) is 0 Å². The number of carbonyl (C=O) groups is 1. The first-order valence-electron chi connectivity index (χ1n) is 8.39. The Morgan fingerprint density at radius 2 is 2.00 bits per heavy atom. The van der Waals surface area contributed by atoms with Crippen molar-refractivity contribution in [3.8, 4) is 17.4 Å². The van der Waals surface area contributed by atoms with Crippen LogP contribution in [0.1, 0.15) is 12.8 Å². The molecule has 1 saturated heterocycles. The van der Waals surface area contributed by atoms with E-state index in [1.165, 1.54) is 6.33 Å². The molecule has 2 amide bonds. The Balaban J connectivity index is 1.62. The summed E-state index contributed by atoms with van der Waals surface area (Å²) in [5, 5.41) is 2.89. The molecule has 8 nitrogen and oxygen atoms in total. The third-order valence-electron chi connectivity index (χ3n) is 4.11. The number of ether oxygens (including phenoxy) is 3. The van der Waals surface area contributed by atoms with Crippen LogP contribution >= 0.6 is 0 Å². The molecule has 0 spiro atoms. The number of urea groups is 1. The van der Waals surface area contributed by atoms with Crippen molar-refractivity contribution >= 4 is 11.7 Å². The van der Waals surface area contributed by atoms with Gasteiger partial charge in [-0.25, -0.2) is 14.8 Å². The van der Waals surface area contributed by atoms with Gasteiger partial charge in [-0.05, 0) is 12.8 Å². The molecule has 138 valence electrons. The second kappa shape index (κ2) is 8.37. The van der Waals surface area contributed by atoms with Crippen LogP contribution in [0.15, 0.2) is 36.8 Å². The number of aromatic nitrogens is 2. The SMILES string of the molecule is COc1cc(NC(=O)N2CCCC(Oc3ccncn3)C2)cc(OC)c1. The Bertz CT molecular complexity index is 719. The molecule has 1 atom stereocenters. The fourth-order valence-corrected chi connectivity index (χ4v) is 2.82. The summed E-state index contributed by atoms with van der Waals surface area (Å²) in [6.45, 7) is 1.17. The molecule has 26 heavy (non-hydrogen) atoms. The monoisotopic (exact) mass is 358 g/mol. The van der Waals surface area contributed by atoms with Crippen LogP contribution in [0.4, 0.5) is 10.5 Å². The summed E-state index contributed by atoms with van der Waals surface area (Å²) in [5.74, 6) is 1.75. The topological polar surface area (TPSA) is 85.8 Å². The molecule has 0 saturated carbocycles. The average molecular weight is 358 g/mol. The van der Waals surface area contributed by atoms with Crippen LogP contribution < -0.4 is 19.5 Å². The van der Waals surface area contributed by atoms with Crippen LogP contribution in [-0.4, -0.2) is 54.3 Å². The summed E-state index contributed by atoms with van der Waals surface area (Å²) >= 11 is 0. The minimum Gasteiger partial charge on any atom is -0.497 e. The number of nitrogens with zero attached hydrogens (tertiary/aromatic N) is 3. The number of carbonyl (C=O) groups excluding carboxylic acids is 1.